The lowest BCUT2D eigenvalue weighted by molar-refractivity contribution is 0.0336. The average molecular weight is 275 g/mol. The Bertz CT molecular complexity index is 397. The molecule has 0 aliphatic rings. The molecule has 0 amide bonds. The van der Waals surface area contributed by atoms with E-state index in [9.17, 15) is 9.50 Å². The highest BCUT2D eigenvalue weighted by Gasteiger charge is 2.20. The monoisotopic (exact) mass is 274 g/mol. The van der Waals surface area contributed by atoms with Crippen LogP contribution < -0.4 is 5.32 Å². The fourth-order valence-electron chi connectivity index (χ4n) is 1.87. The summed E-state index contributed by atoms with van der Waals surface area (Å²) in [6.45, 7) is 3.28. The first-order chi connectivity index (χ1) is 8.30. The van der Waals surface area contributed by atoms with Gasteiger partial charge in [-0.25, -0.2) is 4.39 Å². The molecule has 1 aromatic rings. The summed E-state index contributed by atoms with van der Waals surface area (Å²) in [5.74, 6) is -0.344. The predicted molar refractivity (Wildman–Crippen MR) is 72.3 cm³/mol. The second kappa shape index (κ2) is 6.48. The number of hydrogen-bond acceptors (Lipinski definition) is 3. The van der Waals surface area contributed by atoms with Gasteiger partial charge in [-0.1, -0.05) is 17.7 Å². The minimum Gasteiger partial charge on any atom is -0.388 e. The van der Waals surface area contributed by atoms with E-state index in [0.29, 0.717) is 24.7 Å². The Morgan fingerprint density at radius 2 is 2.11 bits per heavy atom. The van der Waals surface area contributed by atoms with E-state index in [1.165, 1.54) is 12.1 Å². The molecule has 0 heterocycles. The summed E-state index contributed by atoms with van der Waals surface area (Å²) in [7, 11) is 3.82. The highest BCUT2D eigenvalue weighted by Crippen LogP contribution is 2.17. The van der Waals surface area contributed by atoms with Gasteiger partial charge in [-0.3, -0.25) is 0 Å². The van der Waals surface area contributed by atoms with Crippen LogP contribution in [0.25, 0.3) is 0 Å². The maximum atomic E-state index is 12.9. The lowest BCUT2D eigenvalue weighted by Crippen LogP contribution is -2.45. The van der Waals surface area contributed by atoms with Crippen LogP contribution in [0.5, 0.6) is 0 Å². The summed E-state index contributed by atoms with van der Waals surface area (Å²) in [6.07, 6.45) is 0. The molecule has 0 spiro atoms. The van der Waals surface area contributed by atoms with Crippen molar-refractivity contribution in [3.05, 3.63) is 34.6 Å². The van der Waals surface area contributed by atoms with Crippen LogP contribution in [0.15, 0.2) is 18.2 Å². The third kappa shape index (κ3) is 5.31. The first kappa shape index (κ1) is 15.4. The van der Waals surface area contributed by atoms with Crippen LogP contribution >= 0.6 is 11.6 Å². The number of halogens is 2. The number of nitrogens with one attached hydrogen (secondary N) is 1. The Hall–Kier alpha value is -0.680. The standard InChI is InChI=1S/C13H20ClFN2O/c1-13(18,9-17(2)3)8-16-7-10-4-5-11(15)6-12(10)14/h4-6,16,18H,7-9H2,1-3H3. The zero-order valence-corrected chi connectivity index (χ0v) is 11.8. The molecule has 2 N–H and O–H groups in total. The molecular weight excluding hydrogens is 255 g/mol. The third-order valence-electron chi connectivity index (χ3n) is 2.49. The number of hydrogen-bond donors (Lipinski definition) is 2. The minimum atomic E-state index is -0.810. The van der Waals surface area contributed by atoms with Crippen LogP contribution in [0, 0.1) is 5.82 Å². The predicted octanol–water partition coefficient (Wildman–Crippen LogP) is 1.88. The smallest absolute Gasteiger partial charge is 0.124 e. The summed E-state index contributed by atoms with van der Waals surface area (Å²) in [6, 6.07) is 4.31. The van der Waals surface area contributed by atoms with E-state index in [2.05, 4.69) is 5.32 Å². The van der Waals surface area contributed by atoms with E-state index in [-0.39, 0.29) is 5.82 Å². The first-order valence-corrected chi connectivity index (χ1v) is 6.20. The molecule has 0 aliphatic carbocycles. The molecule has 0 aromatic heterocycles. The Balaban J connectivity index is 2.46. The normalized spacial score (nSPS) is 14.8. The Morgan fingerprint density at radius 1 is 1.44 bits per heavy atom. The molecule has 1 rings (SSSR count). The molecule has 0 saturated carbocycles. The van der Waals surface area contributed by atoms with Crippen molar-refractivity contribution in [3.8, 4) is 0 Å². The van der Waals surface area contributed by atoms with Gasteiger partial charge < -0.3 is 15.3 Å². The molecule has 5 heteroatoms. The van der Waals surface area contributed by atoms with Crippen LogP contribution in [-0.4, -0.2) is 42.8 Å². The van der Waals surface area contributed by atoms with Crippen LogP contribution in [-0.2, 0) is 6.54 Å². The number of likely N-dealkylation sites (N-methyl/N-ethyl adjacent to an activating group) is 1. The third-order valence-corrected chi connectivity index (χ3v) is 2.85. The largest absolute Gasteiger partial charge is 0.388 e. The Morgan fingerprint density at radius 3 is 2.67 bits per heavy atom. The Labute approximate surface area is 113 Å². The lowest BCUT2D eigenvalue weighted by Gasteiger charge is -2.27. The molecule has 0 fully saturated rings. The summed E-state index contributed by atoms with van der Waals surface area (Å²) in [5.41, 5.74) is 0.00874. The number of aliphatic hydroxyl groups is 1. The van der Waals surface area contributed by atoms with Gasteiger partial charge >= 0.3 is 0 Å². The van der Waals surface area contributed by atoms with Gasteiger partial charge in [0.25, 0.3) is 0 Å². The zero-order valence-electron chi connectivity index (χ0n) is 11.0. The van der Waals surface area contributed by atoms with Crippen molar-refractivity contribution in [1.82, 2.24) is 10.2 Å². The lowest BCUT2D eigenvalue weighted by atomic mass is 10.1. The van der Waals surface area contributed by atoms with Gasteiger partial charge in [0.2, 0.25) is 0 Å². The summed E-state index contributed by atoms with van der Waals surface area (Å²) in [5, 5.41) is 13.6. The van der Waals surface area contributed by atoms with Crippen molar-refractivity contribution >= 4 is 11.6 Å². The molecule has 0 saturated heterocycles. The summed E-state index contributed by atoms with van der Waals surface area (Å²) >= 11 is 5.91. The molecule has 102 valence electrons. The fourth-order valence-corrected chi connectivity index (χ4v) is 2.10. The quantitative estimate of drug-likeness (QED) is 0.832. The average Bonchev–Trinajstić information content (AvgIpc) is 2.19. The second-order valence-corrected chi connectivity index (χ2v) is 5.48. The van der Waals surface area contributed by atoms with Crippen molar-refractivity contribution in [1.29, 1.82) is 0 Å². The van der Waals surface area contributed by atoms with Gasteiger partial charge in [0.15, 0.2) is 0 Å². The zero-order chi connectivity index (χ0) is 13.8. The van der Waals surface area contributed by atoms with E-state index < -0.39 is 5.60 Å². The van der Waals surface area contributed by atoms with Crippen molar-refractivity contribution in [2.24, 2.45) is 0 Å². The molecule has 18 heavy (non-hydrogen) atoms. The van der Waals surface area contributed by atoms with Crippen LogP contribution in [0.3, 0.4) is 0 Å². The molecule has 1 unspecified atom stereocenters. The molecular formula is C13H20ClFN2O. The van der Waals surface area contributed by atoms with Gasteiger partial charge in [-0.05, 0) is 38.7 Å². The summed E-state index contributed by atoms with van der Waals surface area (Å²) in [4.78, 5) is 1.92. The minimum absolute atomic E-state index is 0.344. The maximum Gasteiger partial charge on any atom is 0.124 e. The van der Waals surface area contributed by atoms with Crippen molar-refractivity contribution in [2.45, 2.75) is 19.1 Å². The summed E-state index contributed by atoms with van der Waals surface area (Å²) < 4.78 is 12.9. The topological polar surface area (TPSA) is 35.5 Å². The molecule has 1 aromatic carbocycles. The van der Waals surface area contributed by atoms with Crippen LogP contribution in [0.4, 0.5) is 4.39 Å². The van der Waals surface area contributed by atoms with Gasteiger partial charge in [0, 0.05) is 24.7 Å². The molecule has 0 bridgehead atoms. The van der Waals surface area contributed by atoms with Crippen LogP contribution in [0.2, 0.25) is 5.02 Å². The fraction of sp³-hybridized carbons (Fsp3) is 0.538. The van der Waals surface area contributed by atoms with Gasteiger partial charge in [0.1, 0.15) is 5.82 Å². The van der Waals surface area contributed by atoms with E-state index in [0.717, 1.165) is 5.56 Å². The SMILES string of the molecule is CN(C)CC(C)(O)CNCc1ccc(F)cc1Cl. The van der Waals surface area contributed by atoms with E-state index >= 15 is 0 Å². The molecule has 0 aliphatic heterocycles. The highest BCUT2D eigenvalue weighted by atomic mass is 35.5. The second-order valence-electron chi connectivity index (χ2n) is 5.07. The van der Waals surface area contributed by atoms with E-state index in [4.69, 9.17) is 11.6 Å². The highest BCUT2D eigenvalue weighted by molar-refractivity contribution is 6.31. The van der Waals surface area contributed by atoms with Crippen LogP contribution in [0.1, 0.15) is 12.5 Å². The maximum absolute atomic E-state index is 12.9. The van der Waals surface area contributed by atoms with E-state index in [1.54, 1.807) is 13.0 Å². The van der Waals surface area contributed by atoms with Crippen molar-refractivity contribution in [3.63, 3.8) is 0 Å². The first-order valence-electron chi connectivity index (χ1n) is 5.82. The van der Waals surface area contributed by atoms with Gasteiger partial charge in [-0.15, -0.1) is 0 Å². The van der Waals surface area contributed by atoms with Gasteiger partial charge in [-0.2, -0.15) is 0 Å². The van der Waals surface area contributed by atoms with Crippen molar-refractivity contribution < 1.29 is 9.50 Å². The van der Waals surface area contributed by atoms with Crippen molar-refractivity contribution in [2.75, 3.05) is 27.2 Å². The molecule has 0 radical (unpaired) electrons. The molecule has 3 nitrogen and oxygen atoms in total. The number of rotatable bonds is 6. The molecule has 1 atom stereocenters. The number of benzene rings is 1. The number of nitrogens with zero attached hydrogens (tertiary/aromatic N) is 1. The Kier molecular flexibility index (Phi) is 5.53. The van der Waals surface area contributed by atoms with E-state index in [1.807, 2.05) is 19.0 Å². The van der Waals surface area contributed by atoms with Gasteiger partial charge in [0.05, 0.1) is 5.60 Å².